The van der Waals surface area contributed by atoms with E-state index in [2.05, 4.69) is 49.6 Å². The molecule has 7 nitrogen and oxygen atoms in total. The molecule has 0 spiro atoms. The third-order valence-corrected chi connectivity index (χ3v) is 8.54. The third kappa shape index (κ3) is 7.21. The van der Waals surface area contributed by atoms with Crippen molar-refractivity contribution in [2.75, 3.05) is 19.6 Å². The molecule has 1 aliphatic heterocycles. The summed E-state index contributed by atoms with van der Waals surface area (Å²) in [5.74, 6) is 1.73. The number of carbonyl (C=O) groups is 1. The van der Waals surface area contributed by atoms with Gasteiger partial charge < -0.3 is 14.7 Å². The number of benzene rings is 2. The molecule has 6 rings (SSSR count). The maximum absolute atomic E-state index is 13.0. The van der Waals surface area contributed by atoms with Gasteiger partial charge in [-0.25, -0.2) is 0 Å². The molecule has 1 fully saturated rings. The Labute approximate surface area is 248 Å². The van der Waals surface area contributed by atoms with Crippen molar-refractivity contribution in [3.63, 3.8) is 0 Å². The molecule has 0 radical (unpaired) electrons. The van der Waals surface area contributed by atoms with Gasteiger partial charge in [0.25, 0.3) is 5.91 Å². The van der Waals surface area contributed by atoms with E-state index >= 15 is 0 Å². The zero-order valence-corrected chi connectivity index (χ0v) is 24.4. The van der Waals surface area contributed by atoms with Gasteiger partial charge in [-0.15, -0.1) is 12.4 Å². The van der Waals surface area contributed by atoms with Crippen LogP contribution in [-0.2, 0) is 12.8 Å². The van der Waals surface area contributed by atoms with Gasteiger partial charge >= 0.3 is 0 Å². The summed E-state index contributed by atoms with van der Waals surface area (Å²) in [6.45, 7) is 5.17. The minimum Gasteiger partial charge on any atom is -0.349 e. The number of nitrogens with zero attached hydrogens (tertiary/aromatic N) is 4. The van der Waals surface area contributed by atoms with Gasteiger partial charge in [0.1, 0.15) is 0 Å². The number of aromatic nitrogens is 3. The molecule has 0 unspecified atom stereocenters. The first kappa shape index (κ1) is 29.0. The number of pyridine rings is 1. The molecule has 4 aromatic rings. The first-order valence-electron chi connectivity index (χ1n) is 14.6. The molecule has 0 bridgehead atoms. The van der Waals surface area contributed by atoms with E-state index < -0.39 is 0 Å². The highest BCUT2D eigenvalue weighted by Gasteiger charge is 2.24. The Morgan fingerprint density at radius 3 is 2.51 bits per heavy atom. The Balaban J connectivity index is 0.00000337. The number of rotatable bonds is 7. The van der Waals surface area contributed by atoms with Gasteiger partial charge in [0.15, 0.2) is 0 Å². The Hall–Kier alpha value is -3.55. The van der Waals surface area contributed by atoms with Crippen molar-refractivity contribution in [2.24, 2.45) is 5.92 Å². The van der Waals surface area contributed by atoms with Crippen LogP contribution in [0.4, 0.5) is 0 Å². The van der Waals surface area contributed by atoms with Gasteiger partial charge in [-0.2, -0.15) is 4.98 Å². The van der Waals surface area contributed by atoms with Crippen LogP contribution >= 0.6 is 12.4 Å². The van der Waals surface area contributed by atoms with Crippen molar-refractivity contribution in [1.82, 2.24) is 25.3 Å². The molecule has 41 heavy (non-hydrogen) atoms. The maximum atomic E-state index is 13.0. The lowest BCUT2D eigenvalue weighted by Gasteiger charge is -2.30. The molecule has 3 heterocycles. The van der Waals surface area contributed by atoms with Gasteiger partial charge in [0, 0.05) is 49.6 Å². The molecule has 1 saturated carbocycles. The van der Waals surface area contributed by atoms with Crippen LogP contribution in [-0.4, -0.2) is 51.6 Å². The van der Waals surface area contributed by atoms with E-state index in [0.717, 1.165) is 56.8 Å². The minimum absolute atomic E-state index is 0. The van der Waals surface area contributed by atoms with Crippen LogP contribution in [0.15, 0.2) is 71.5 Å². The van der Waals surface area contributed by atoms with Gasteiger partial charge in [-0.1, -0.05) is 41.6 Å². The van der Waals surface area contributed by atoms with Crippen LogP contribution in [0.3, 0.4) is 0 Å². The number of fused-ring (bicyclic) bond motifs is 1. The Kier molecular flexibility index (Phi) is 9.47. The molecular formula is C33H38ClN5O2. The molecule has 8 heteroatoms. The van der Waals surface area contributed by atoms with Crippen LogP contribution in [0, 0.1) is 12.8 Å². The fourth-order valence-electron chi connectivity index (χ4n) is 6.15. The van der Waals surface area contributed by atoms with E-state index in [1.165, 1.54) is 41.5 Å². The second kappa shape index (κ2) is 13.4. The summed E-state index contributed by atoms with van der Waals surface area (Å²) in [5, 5.41) is 7.23. The fraction of sp³-hybridized carbons (Fsp3) is 0.394. The quantitative estimate of drug-likeness (QED) is 0.280. The molecular weight excluding hydrogens is 534 g/mol. The zero-order chi connectivity index (χ0) is 27.3. The summed E-state index contributed by atoms with van der Waals surface area (Å²) in [4.78, 5) is 24.2. The fourth-order valence-corrected chi connectivity index (χ4v) is 6.15. The van der Waals surface area contributed by atoms with Crippen molar-refractivity contribution < 1.29 is 9.32 Å². The van der Waals surface area contributed by atoms with Gasteiger partial charge in [0.2, 0.25) is 11.7 Å². The lowest BCUT2D eigenvalue weighted by molar-refractivity contribution is 0.0920. The highest BCUT2D eigenvalue weighted by molar-refractivity contribution is 5.95. The van der Waals surface area contributed by atoms with Crippen molar-refractivity contribution in [1.29, 1.82) is 0 Å². The van der Waals surface area contributed by atoms with E-state index in [0.29, 0.717) is 17.3 Å². The van der Waals surface area contributed by atoms with Crippen molar-refractivity contribution in [3.05, 3.63) is 89.6 Å². The number of hydrogen-bond acceptors (Lipinski definition) is 6. The standard InChI is InChI=1S/C33H37N5O2.ClH/c1-23-35-32(37-40-23)28-4-2-5-29(21-28)33(39)36-31-11-7-24(8-12-31)13-17-38-18-14-25-9-10-26(20-27(25)15-19-38)30-6-3-16-34-22-30;/h2-6,9-10,16,20-22,24,31H,7-8,11-15,17-19H2,1H3,(H,36,39);1H. The molecule has 2 aliphatic rings. The van der Waals surface area contributed by atoms with Crippen LogP contribution in [0.2, 0.25) is 0 Å². The van der Waals surface area contributed by atoms with E-state index in [1.807, 2.05) is 42.7 Å². The SMILES string of the molecule is Cc1nc(-c2cccc(C(=O)NC3CCC(CCN4CCc5ccc(-c6cccnc6)cc5CC4)CC3)c2)no1.Cl. The second-order valence-electron chi connectivity index (χ2n) is 11.3. The van der Waals surface area contributed by atoms with Gasteiger partial charge in [0.05, 0.1) is 0 Å². The monoisotopic (exact) mass is 571 g/mol. The van der Waals surface area contributed by atoms with E-state index in [-0.39, 0.29) is 24.4 Å². The summed E-state index contributed by atoms with van der Waals surface area (Å²) in [6, 6.07) is 18.8. The molecule has 0 saturated heterocycles. The smallest absolute Gasteiger partial charge is 0.251 e. The number of halogens is 1. The summed E-state index contributed by atoms with van der Waals surface area (Å²) in [6.07, 6.45) is 11.7. The minimum atomic E-state index is -0.0265. The predicted octanol–water partition coefficient (Wildman–Crippen LogP) is 6.31. The molecule has 1 aliphatic carbocycles. The molecule has 0 atom stereocenters. The van der Waals surface area contributed by atoms with Crippen molar-refractivity contribution in [3.8, 4) is 22.5 Å². The third-order valence-electron chi connectivity index (χ3n) is 8.54. The van der Waals surface area contributed by atoms with Crippen LogP contribution in [0.5, 0.6) is 0 Å². The first-order chi connectivity index (χ1) is 19.6. The zero-order valence-electron chi connectivity index (χ0n) is 23.6. The van der Waals surface area contributed by atoms with Gasteiger partial charge in [-0.05, 0) is 97.9 Å². The number of amides is 1. The maximum Gasteiger partial charge on any atom is 0.251 e. The van der Waals surface area contributed by atoms with Crippen LogP contribution in [0.25, 0.3) is 22.5 Å². The Bertz CT molecular complexity index is 1450. The summed E-state index contributed by atoms with van der Waals surface area (Å²) in [5.41, 5.74) is 6.85. The second-order valence-corrected chi connectivity index (χ2v) is 11.3. The molecule has 2 aromatic carbocycles. The summed E-state index contributed by atoms with van der Waals surface area (Å²) < 4.78 is 5.08. The van der Waals surface area contributed by atoms with E-state index in [9.17, 15) is 4.79 Å². The number of hydrogen-bond donors (Lipinski definition) is 1. The highest BCUT2D eigenvalue weighted by atomic mass is 35.5. The average molecular weight is 572 g/mol. The average Bonchev–Trinajstić information content (AvgIpc) is 3.33. The molecule has 2 aromatic heterocycles. The largest absolute Gasteiger partial charge is 0.349 e. The Morgan fingerprint density at radius 2 is 1.76 bits per heavy atom. The Morgan fingerprint density at radius 1 is 0.951 bits per heavy atom. The van der Waals surface area contributed by atoms with Crippen LogP contribution in [0.1, 0.15) is 59.5 Å². The van der Waals surface area contributed by atoms with Gasteiger partial charge in [-0.3, -0.25) is 9.78 Å². The lowest BCUT2D eigenvalue weighted by atomic mass is 9.84. The van der Waals surface area contributed by atoms with E-state index in [4.69, 9.17) is 4.52 Å². The number of carbonyl (C=O) groups excluding carboxylic acids is 1. The first-order valence-corrected chi connectivity index (χ1v) is 14.6. The van der Waals surface area contributed by atoms with Crippen molar-refractivity contribution in [2.45, 2.75) is 57.9 Å². The van der Waals surface area contributed by atoms with E-state index in [1.54, 1.807) is 6.92 Å². The molecule has 214 valence electrons. The topological polar surface area (TPSA) is 84.2 Å². The lowest BCUT2D eigenvalue weighted by Crippen LogP contribution is -2.38. The number of nitrogens with one attached hydrogen (secondary N) is 1. The summed E-state index contributed by atoms with van der Waals surface area (Å²) in [7, 11) is 0. The highest BCUT2D eigenvalue weighted by Crippen LogP contribution is 2.29. The summed E-state index contributed by atoms with van der Waals surface area (Å²) >= 11 is 0. The normalized spacial score (nSPS) is 19.0. The van der Waals surface area contributed by atoms with Crippen LogP contribution < -0.4 is 5.32 Å². The number of aryl methyl sites for hydroxylation is 1. The molecule has 1 N–H and O–H groups in total. The predicted molar refractivity (Wildman–Crippen MR) is 163 cm³/mol. The molecule has 1 amide bonds. The van der Waals surface area contributed by atoms with Crippen molar-refractivity contribution >= 4 is 18.3 Å².